The van der Waals surface area contributed by atoms with E-state index >= 15 is 0 Å². The van der Waals surface area contributed by atoms with Crippen LogP contribution in [0.25, 0.3) is 6.08 Å². The Morgan fingerprint density at radius 2 is 1.80 bits per heavy atom. The predicted molar refractivity (Wildman–Crippen MR) is 156 cm³/mol. The van der Waals surface area contributed by atoms with Crippen molar-refractivity contribution in [1.29, 1.82) is 0 Å². The number of likely N-dealkylation sites (N-methyl/N-ethyl adjacent to an activating group) is 1. The molecule has 0 spiro atoms. The molecule has 0 unspecified atom stereocenters. The number of hydrogen-bond acceptors (Lipinski definition) is 8. The number of anilines is 1. The second-order valence-electron chi connectivity index (χ2n) is 8.71. The van der Waals surface area contributed by atoms with E-state index in [1.165, 1.54) is 26.0 Å². The second kappa shape index (κ2) is 13.0. The molecule has 0 radical (unpaired) electrons. The maximum atomic E-state index is 13.1. The number of amides is 2. The van der Waals surface area contributed by atoms with E-state index < -0.39 is 5.97 Å². The topological polar surface area (TPSA) is 107 Å². The van der Waals surface area contributed by atoms with Crippen molar-refractivity contribution in [2.45, 2.75) is 13.8 Å². The molecule has 0 aromatic heterocycles. The van der Waals surface area contributed by atoms with Gasteiger partial charge < -0.3 is 19.5 Å². The van der Waals surface area contributed by atoms with E-state index in [0.29, 0.717) is 50.6 Å². The van der Waals surface area contributed by atoms with Crippen molar-refractivity contribution in [3.8, 4) is 11.5 Å². The molecule has 1 N–H and O–H groups in total. The summed E-state index contributed by atoms with van der Waals surface area (Å²) in [6.07, 6.45) is 1.75. The molecule has 1 saturated heterocycles. The molecule has 40 heavy (non-hydrogen) atoms. The Hall–Kier alpha value is -4.57. The summed E-state index contributed by atoms with van der Waals surface area (Å²) in [5.41, 5.74) is 3.41. The summed E-state index contributed by atoms with van der Waals surface area (Å²) in [5.74, 6) is -0.111. The Labute approximate surface area is 236 Å². The first-order valence-corrected chi connectivity index (χ1v) is 13.3. The van der Waals surface area contributed by atoms with Crippen LogP contribution in [0.15, 0.2) is 76.6 Å². The molecule has 1 aliphatic heterocycles. The number of nitrogens with one attached hydrogen (secondary N) is 1. The number of rotatable bonds is 9. The normalized spacial score (nSPS) is 14.9. The number of hydrogen-bond donors (Lipinski definition) is 1. The smallest absolute Gasteiger partial charge is 0.337 e. The van der Waals surface area contributed by atoms with Crippen LogP contribution >= 0.6 is 11.8 Å². The van der Waals surface area contributed by atoms with Gasteiger partial charge in [-0.05, 0) is 79.7 Å². The average Bonchev–Trinajstić information content (AvgIpc) is 3.25. The minimum atomic E-state index is -0.460. The molecule has 2 amide bonds. The summed E-state index contributed by atoms with van der Waals surface area (Å²) in [6, 6.07) is 19.4. The van der Waals surface area contributed by atoms with Crippen LogP contribution in [0, 0.1) is 6.92 Å². The van der Waals surface area contributed by atoms with Gasteiger partial charge in [-0.15, -0.1) is 0 Å². The SMILES string of the molecule is CCN1C(=O)C(=Cc2ccc(OCC(=O)Nc3ccc(C)cc3)c(OC)c2)SC1=Nc1cccc(C(=O)OC)c1. The molecule has 206 valence electrons. The van der Waals surface area contributed by atoms with Gasteiger partial charge in [-0.1, -0.05) is 29.8 Å². The van der Waals surface area contributed by atoms with E-state index in [4.69, 9.17) is 14.2 Å². The highest BCUT2D eigenvalue weighted by atomic mass is 32.2. The van der Waals surface area contributed by atoms with Crippen LogP contribution in [0.2, 0.25) is 0 Å². The van der Waals surface area contributed by atoms with Gasteiger partial charge >= 0.3 is 5.97 Å². The fourth-order valence-corrected chi connectivity index (χ4v) is 4.89. The number of esters is 1. The monoisotopic (exact) mass is 559 g/mol. The molecule has 3 aromatic rings. The molecule has 1 heterocycles. The van der Waals surface area contributed by atoms with Crippen molar-refractivity contribution in [1.82, 2.24) is 4.90 Å². The van der Waals surface area contributed by atoms with Crippen LogP contribution in [0.1, 0.15) is 28.4 Å². The number of aryl methyl sites for hydroxylation is 1. The molecule has 0 atom stereocenters. The number of ether oxygens (including phenoxy) is 3. The molecule has 10 heteroatoms. The van der Waals surface area contributed by atoms with Crippen LogP contribution in [0.5, 0.6) is 11.5 Å². The lowest BCUT2D eigenvalue weighted by molar-refractivity contribution is -0.122. The van der Waals surface area contributed by atoms with Gasteiger partial charge in [0.15, 0.2) is 23.3 Å². The van der Waals surface area contributed by atoms with Crippen molar-refractivity contribution in [3.63, 3.8) is 0 Å². The fraction of sp³-hybridized carbons (Fsp3) is 0.200. The summed E-state index contributed by atoms with van der Waals surface area (Å²) in [4.78, 5) is 44.0. The molecule has 9 nitrogen and oxygen atoms in total. The Balaban J connectivity index is 1.48. The molecule has 1 fully saturated rings. The van der Waals surface area contributed by atoms with E-state index in [-0.39, 0.29) is 18.4 Å². The van der Waals surface area contributed by atoms with Crippen LogP contribution in [0.3, 0.4) is 0 Å². The summed E-state index contributed by atoms with van der Waals surface area (Å²) < 4.78 is 15.9. The lowest BCUT2D eigenvalue weighted by Crippen LogP contribution is -2.28. The van der Waals surface area contributed by atoms with Crippen LogP contribution in [-0.4, -0.2) is 55.2 Å². The van der Waals surface area contributed by atoms with Gasteiger partial charge in [0.2, 0.25) is 0 Å². The lowest BCUT2D eigenvalue weighted by atomic mass is 10.2. The Morgan fingerprint density at radius 1 is 1.02 bits per heavy atom. The van der Waals surface area contributed by atoms with Crippen molar-refractivity contribution in [3.05, 3.63) is 88.3 Å². The first-order chi connectivity index (χ1) is 19.3. The van der Waals surface area contributed by atoms with Crippen LogP contribution in [0.4, 0.5) is 11.4 Å². The van der Waals surface area contributed by atoms with Crippen LogP contribution < -0.4 is 14.8 Å². The predicted octanol–water partition coefficient (Wildman–Crippen LogP) is 5.43. The Bertz CT molecular complexity index is 1480. The lowest BCUT2D eigenvalue weighted by Gasteiger charge is -2.12. The third-order valence-electron chi connectivity index (χ3n) is 5.88. The highest BCUT2D eigenvalue weighted by Crippen LogP contribution is 2.36. The van der Waals surface area contributed by atoms with Gasteiger partial charge in [0.25, 0.3) is 11.8 Å². The van der Waals surface area contributed by atoms with Gasteiger partial charge in [-0.2, -0.15) is 0 Å². The van der Waals surface area contributed by atoms with Crippen LogP contribution in [-0.2, 0) is 14.3 Å². The Kier molecular flexibility index (Phi) is 9.23. The first kappa shape index (κ1) is 28.4. The maximum Gasteiger partial charge on any atom is 0.337 e. The van der Waals surface area contributed by atoms with E-state index in [1.54, 1.807) is 53.4 Å². The molecular formula is C30H29N3O6S. The van der Waals surface area contributed by atoms with Gasteiger partial charge in [0, 0.05) is 12.2 Å². The third kappa shape index (κ3) is 6.89. The molecule has 4 rings (SSSR count). The van der Waals surface area contributed by atoms with Crippen molar-refractivity contribution in [2.75, 3.05) is 32.7 Å². The molecular weight excluding hydrogens is 530 g/mol. The van der Waals surface area contributed by atoms with Crippen molar-refractivity contribution < 1.29 is 28.6 Å². The summed E-state index contributed by atoms with van der Waals surface area (Å²) >= 11 is 1.24. The molecule has 0 aliphatic carbocycles. The summed E-state index contributed by atoms with van der Waals surface area (Å²) in [7, 11) is 2.83. The maximum absolute atomic E-state index is 13.1. The third-order valence-corrected chi connectivity index (χ3v) is 6.88. The zero-order valence-corrected chi connectivity index (χ0v) is 23.4. The Morgan fingerprint density at radius 3 is 2.50 bits per heavy atom. The average molecular weight is 560 g/mol. The molecule has 0 bridgehead atoms. The van der Waals surface area contributed by atoms with Crippen molar-refractivity contribution >= 4 is 52.2 Å². The minimum absolute atomic E-state index is 0.178. The largest absolute Gasteiger partial charge is 0.493 e. The van der Waals surface area contributed by atoms with Gasteiger partial charge in [0.05, 0.1) is 30.4 Å². The van der Waals surface area contributed by atoms with Gasteiger partial charge in [0.1, 0.15) is 0 Å². The zero-order chi connectivity index (χ0) is 28.6. The standard InChI is InChI=1S/C30H29N3O6S/c1-5-33-28(35)26(40-30(33)32-23-8-6-7-21(17-23)29(36)38-4)16-20-11-14-24(25(15-20)37-3)39-18-27(34)31-22-12-9-19(2)10-13-22/h6-17H,5,18H2,1-4H3,(H,31,34). The van der Waals surface area contributed by atoms with Gasteiger partial charge in [-0.3, -0.25) is 14.5 Å². The number of amidine groups is 1. The molecule has 3 aromatic carbocycles. The number of benzene rings is 3. The van der Waals surface area contributed by atoms with Crippen molar-refractivity contribution in [2.24, 2.45) is 4.99 Å². The van der Waals surface area contributed by atoms with E-state index in [2.05, 4.69) is 10.3 Å². The minimum Gasteiger partial charge on any atom is -0.493 e. The van der Waals surface area contributed by atoms with Gasteiger partial charge in [-0.25, -0.2) is 9.79 Å². The number of aliphatic imine (C=N–C) groups is 1. The van der Waals surface area contributed by atoms with E-state index in [1.807, 2.05) is 38.1 Å². The number of thioether (sulfide) groups is 1. The quantitative estimate of drug-likeness (QED) is 0.275. The number of methoxy groups -OCH3 is 2. The highest BCUT2D eigenvalue weighted by molar-refractivity contribution is 8.18. The fourth-order valence-electron chi connectivity index (χ4n) is 3.82. The first-order valence-electron chi connectivity index (χ1n) is 12.5. The second-order valence-corrected chi connectivity index (χ2v) is 9.72. The zero-order valence-electron chi connectivity index (χ0n) is 22.6. The van der Waals surface area contributed by atoms with E-state index in [0.717, 1.165) is 5.56 Å². The molecule has 0 saturated carbocycles. The summed E-state index contributed by atoms with van der Waals surface area (Å²) in [6.45, 7) is 4.08. The number of nitrogens with zero attached hydrogens (tertiary/aromatic N) is 2. The highest BCUT2D eigenvalue weighted by Gasteiger charge is 2.32. The number of carbonyl (C=O) groups is 3. The number of carbonyl (C=O) groups excluding carboxylic acids is 3. The van der Waals surface area contributed by atoms with E-state index in [9.17, 15) is 14.4 Å². The molecule has 1 aliphatic rings. The summed E-state index contributed by atoms with van der Waals surface area (Å²) in [5, 5.41) is 3.30.